The second-order valence-electron chi connectivity index (χ2n) is 12.1. The molecule has 0 aromatic heterocycles. The molecule has 14 nitrogen and oxygen atoms in total. The summed E-state index contributed by atoms with van der Waals surface area (Å²) in [6.07, 6.45) is -1.58. The zero-order valence-corrected chi connectivity index (χ0v) is 30.2. The first-order valence-corrected chi connectivity index (χ1v) is 15.3. The maximum Gasteiger partial charge on any atom is 0.335 e. The van der Waals surface area contributed by atoms with Gasteiger partial charge in [0, 0.05) is 40.0 Å². The molecule has 0 saturated heterocycles. The van der Waals surface area contributed by atoms with E-state index in [4.69, 9.17) is 37.9 Å². The molecule has 0 fully saturated rings. The first-order valence-electron chi connectivity index (χ1n) is 15.3. The minimum Gasteiger partial charge on any atom is -0.461 e. The lowest BCUT2D eigenvalue weighted by atomic mass is 9.88. The molecule has 0 aliphatic heterocycles. The fraction of sp³-hybridized carbons (Fsp3) is 0.500. The molecule has 0 bridgehead atoms. The van der Waals surface area contributed by atoms with Crippen molar-refractivity contribution in [1.29, 1.82) is 0 Å². The zero-order valence-electron chi connectivity index (χ0n) is 30.2. The largest absolute Gasteiger partial charge is 0.461 e. The lowest BCUT2D eigenvalue weighted by Gasteiger charge is -2.39. The quantitative estimate of drug-likeness (QED) is 0.0608. The Bertz CT molecular complexity index is 1260. The standard InChI is InChI=1S/C36H50O14/c1-14-44-34(50-33(42)27(12)13)36(20-48-31(40)25(8)9,21-49-32(41)26(10)11)19-43-15-35(16-45-28(37)22(2)3,17-46-29(38)23(4)5)18-47-30(39)24(6)7/h34H,2,4,6,8,10,12,14-21H2,1,3,5,7,9,11,13H3. The smallest absolute Gasteiger partial charge is 0.335 e. The summed E-state index contributed by atoms with van der Waals surface area (Å²) in [5, 5.41) is 0. The predicted molar refractivity (Wildman–Crippen MR) is 181 cm³/mol. The second kappa shape index (κ2) is 21.3. The average Bonchev–Trinajstić information content (AvgIpc) is 3.04. The van der Waals surface area contributed by atoms with Gasteiger partial charge >= 0.3 is 35.8 Å². The molecule has 278 valence electrons. The number of rotatable bonds is 24. The summed E-state index contributed by atoms with van der Waals surface area (Å²) in [4.78, 5) is 75.3. The van der Waals surface area contributed by atoms with E-state index in [2.05, 4.69) is 39.5 Å². The monoisotopic (exact) mass is 706 g/mol. The molecule has 0 amide bonds. The van der Waals surface area contributed by atoms with Crippen molar-refractivity contribution in [2.45, 2.75) is 54.8 Å². The summed E-state index contributed by atoms with van der Waals surface area (Å²) >= 11 is 0. The van der Waals surface area contributed by atoms with Crippen LogP contribution in [0.3, 0.4) is 0 Å². The molecule has 14 heteroatoms. The Morgan fingerprint density at radius 2 is 0.760 bits per heavy atom. The Balaban J connectivity index is 7.16. The Morgan fingerprint density at radius 3 is 1.04 bits per heavy atom. The van der Waals surface area contributed by atoms with Crippen LogP contribution in [0.2, 0.25) is 0 Å². The van der Waals surface area contributed by atoms with Gasteiger partial charge in [-0.05, 0) is 48.5 Å². The van der Waals surface area contributed by atoms with Crippen LogP contribution in [-0.2, 0) is 66.7 Å². The molecular weight excluding hydrogens is 656 g/mol. The van der Waals surface area contributed by atoms with E-state index in [-0.39, 0.29) is 40.0 Å². The topological polar surface area (TPSA) is 176 Å². The molecule has 1 unspecified atom stereocenters. The fourth-order valence-electron chi connectivity index (χ4n) is 3.43. The maximum absolute atomic E-state index is 12.8. The Hall–Kier alpha value is -4.82. The van der Waals surface area contributed by atoms with Crippen LogP contribution in [0, 0.1) is 10.8 Å². The van der Waals surface area contributed by atoms with Crippen molar-refractivity contribution in [1.82, 2.24) is 0 Å². The summed E-state index contributed by atoms with van der Waals surface area (Å²) < 4.78 is 44.7. The molecule has 0 aliphatic rings. The van der Waals surface area contributed by atoms with Gasteiger partial charge in [-0.25, -0.2) is 28.8 Å². The minimum absolute atomic E-state index is 0.000570. The van der Waals surface area contributed by atoms with Crippen LogP contribution in [0.25, 0.3) is 0 Å². The van der Waals surface area contributed by atoms with Gasteiger partial charge in [-0.15, -0.1) is 0 Å². The third-order valence-electron chi connectivity index (χ3n) is 6.43. The van der Waals surface area contributed by atoms with E-state index in [0.717, 1.165) is 0 Å². The Morgan fingerprint density at radius 1 is 0.460 bits per heavy atom. The number of esters is 6. The molecule has 0 aliphatic carbocycles. The molecular formula is C36H50O14. The lowest BCUT2D eigenvalue weighted by Crippen LogP contribution is -2.52. The molecule has 1 atom stereocenters. The number of ether oxygens (including phenoxy) is 8. The Kier molecular flexibility index (Phi) is 19.3. The van der Waals surface area contributed by atoms with Crippen molar-refractivity contribution in [2.24, 2.45) is 10.8 Å². The highest BCUT2D eigenvalue weighted by atomic mass is 16.7. The van der Waals surface area contributed by atoms with Crippen LogP contribution in [0.15, 0.2) is 72.9 Å². The van der Waals surface area contributed by atoms with Crippen molar-refractivity contribution in [3.05, 3.63) is 72.9 Å². The molecule has 0 spiro atoms. The summed E-state index contributed by atoms with van der Waals surface area (Å²) in [6, 6.07) is 0. The van der Waals surface area contributed by atoms with Gasteiger partial charge in [0.15, 0.2) is 0 Å². The van der Waals surface area contributed by atoms with Crippen molar-refractivity contribution >= 4 is 35.8 Å². The van der Waals surface area contributed by atoms with E-state index in [9.17, 15) is 28.8 Å². The second-order valence-corrected chi connectivity index (χ2v) is 12.1. The van der Waals surface area contributed by atoms with Crippen LogP contribution in [0.5, 0.6) is 0 Å². The van der Waals surface area contributed by atoms with Crippen LogP contribution >= 0.6 is 0 Å². The van der Waals surface area contributed by atoms with Crippen LogP contribution in [-0.4, -0.2) is 95.0 Å². The SMILES string of the molecule is C=C(C)C(=O)OCC(COCC(COC(=O)C(=C)C)(COC(=O)C(=C)C)C(OCC)OC(=O)C(=C)C)(COC(=O)C(=C)C)COC(=O)C(=C)C. The van der Waals surface area contributed by atoms with Gasteiger partial charge in [0.1, 0.15) is 38.4 Å². The number of carbonyl (C=O) groups excluding carboxylic acids is 6. The highest BCUT2D eigenvalue weighted by molar-refractivity contribution is 5.89. The van der Waals surface area contributed by atoms with Crippen molar-refractivity contribution in [3.8, 4) is 0 Å². The van der Waals surface area contributed by atoms with E-state index in [1.807, 2.05) is 0 Å². The molecule has 0 heterocycles. The van der Waals surface area contributed by atoms with E-state index >= 15 is 0 Å². The van der Waals surface area contributed by atoms with E-state index in [1.54, 1.807) is 6.92 Å². The molecule has 0 saturated carbocycles. The number of carbonyl (C=O) groups is 6. The van der Waals surface area contributed by atoms with E-state index < -0.39 is 99.2 Å². The average molecular weight is 707 g/mol. The first-order chi connectivity index (χ1) is 23.1. The minimum atomic E-state index is -1.78. The van der Waals surface area contributed by atoms with Crippen molar-refractivity contribution in [2.75, 3.05) is 52.9 Å². The summed E-state index contributed by atoms with van der Waals surface area (Å²) in [7, 11) is 0. The summed E-state index contributed by atoms with van der Waals surface area (Å²) in [6.45, 7) is 27.6. The number of hydrogen-bond acceptors (Lipinski definition) is 14. The van der Waals surface area contributed by atoms with Crippen molar-refractivity contribution in [3.63, 3.8) is 0 Å². The lowest BCUT2D eigenvalue weighted by molar-refractivity contribution is -0.240. The van der Waals surface area contributed by atoms with Gasteiger partial charge in [0.05, 0.1) is 18.6 Å². The van der Waals surface area contributed by atoms with Gasteiger partial charge in [-0.1, -0.05) is 39.5 Å². The Labute approximate surface area is 293 Å². The van der Waals surface area contributed by atoms with Gasteiger partial charge < -0.3 is 37.9 Å². The third kappa shape index (κ3) is 15.6. The zero-order chi connectivity index (χ0) is 38.8. The van der Waals surface area contributed by atoms with Gasteiger partial charge in [0.2, 0.25) is 6.29 Å². The van der Waals surface area contributed by atoms with Gasteiger partial charge in [-0.2, -0.15) is 0 Å². The van der Waals surface area contributed by atoms with Gasteiger partial charge in [-0.3, -0.25) is 0 Å². The molecule has 0 aromatic rings. The fourth-order valence-corrected chi connectivity index (χ4v) is 3.43. The molecule has 0 rings (SSSR count). The highest BCUT2D eigenvalue weighted by Gasteiger charge is 2.47. The van der Waals surface area contributed by atoms with Crippen LogP contribution in [0.4, 0.5) is 0 Å². The summed E-state index contributed by atoms with van der Waals surface area (Å²) in [5.41, 5.74) is -3.15. The maximum atomic E-state index is 12.8. The van der Waals surface area contributed by atoms with E-state index in [1.165, 1.54) is 41.5 Å². The van der Waals surface area contributed by atoms with Gasteiger partial charge in [0.25, 0.3) is 0 Å². The molecule has 50 heavy (non-hydrogen) atoms. The van der Waals surface area contributed by atoms with Crippen LogP contribution < -0.4 is 0 Å². The first kappa shape index (κ1) is 45.2. The van der Waals surface area contributed by atoms with E-state index in [0.29, 0.717) is 0 Å². The highest BCUT2D eigenvalue weighted by Crippen LogP contribution is 2.32. The molecule has 0 N–H and O–H groups in total. The third-order valence-corrected chi connectivity index (χ3v) is 6.43. The summed E-state index contributed by atoms with van der Waals surface area (Å²) in [5.74, 6) is -4.96. The van der Waals surface area contributed by atoms with Crippen LogP contribution in [0.1, 0.15) is 48.5 Å². The predicted octanol–water partition coefficient (Wildman–Crippen LogP) is 4.05. The molecule has 0 radical (unpaired) electrons. The molecule has 0 aromatic carbocycles. The van der Waals surface area contributed by atoms with Crippen molar-refractivity contribution < 1.29 is 66.7 Å². The normalized spacial score (nSPS) is 11.6. The number of hydrogen-bond donors (Lipinski definition) is 0.